The number of carbonyl (C=O) groups is 2. The van der Waals surface area contributed by atoms with Gasteiger partial charge in [-0.25, -0.2) is 0 Å². The summed E-state index contributed by atoms with van der Waals surface area (Å²) in [6, 6.07) is -0.870. The van der Waals surface area contributed by atoms with Gasteiger partial charge in [-0.15, -0.1) is 0 Å². The van der Waals surface area contributed by atoms with Gasteiger partial charge in [0.2, 0.25) is 0 Å². The molecule has 1 fully saturated rings. The fourth-order valence-corrected chi connectivity index (χ4v) is 3.73. The maximum Gasteiger partial charge on any atom is 0.584 e. The lowest BCUT2D eigenvalue weighted by atomic mass is 10.2. The van der Waals surface area contributed by atoms with Gasteiger partial charge >= 0.3 is 14.3 Å². The van der Waals surface area contributed by atoms with Crippen LogP contribution < -0.4 is 5.73 Å². The predicted molar refractivity (Wildman–Crippen MR) is 48.9 cm³/mol. The molecule has 9 heteroatoms. The molecular weight excluding hydrogens is 238 g/mol. The van der Waals surface area contributed by atoms with Gasteiger partial charge in [0.1, 0.15) is 6.04 Å². The summed E-state index contributed by atoms with van der Waals surface area (Å²) < 4.78 is 9.33. The van der Waals surface area contributed by atoms with Crippen molar-refractivity contribution in [1.29, 1.82) is 0 Å². The Balaban J connectivity index is 2.78. The number of nitrogens with two attached hydrogens (primary N) is 1. The molecule has 2 atom stereocenters. The zero-order valence-corrected chi connectivity index (χ0v) is 10.1. The summed E-state index contributed by atoms with van der Waals surface area (Å²) in [5.74, 6) is -1.31. The monoisotopic (exact) mass is 246 g/mol. The lowest BCUT2D eigenvalue weighted by Crippen LogP contribution is -2.56. The third-order valence-corrected chi connectivity index (χ3v) is 7.31. The van der Waals surface area contributed by atoms with E-state index in [0.29, 0.717) is 0 Å². The van der Waals surface area contributed by atoms with Crippen molar-refractivity contribution >= 4 is 38.6 Å². The number of hydrogen-bond acceptors (Lipinski definition) is 6. The Hall–Kier alpha value is -0.489. The SMILES string of the molecule is N[C@@H]1CCC(=O)O[Si](O)([Si][Si])OC1=O. The zero-order valence-electron chi connectivity index (χ0n) is 7.15. The molecule has 1 unspecified atom stereocenters. The highest BCUT2D eigenvalue weighted by molar-refractivity contribution is 7.33. The van der Waals surface area contributed by atoms with E-state index >= 15 is 0 Å². The molecular formula is C5H8NO5Si3. The fourth-order valence-electron chi connectivity index (χ4n) is 0.880. The molecule has 1 heterocycles. The summed E-state index contributed by atoms with van der Waals surface area (Å²) in [5.41, 5.74) is 5.40. The molecule has 1 aliphatic heterocycles. The van der Waals surface area contributed by atoms with Crippen LogP contribution in [-0.2, 0) is 18.4 Å². The maximum atomic E-state index is 11.2. The van der Waals surface area contributed by atoms with E-state index in [1.165, 1.54) is 0 Å². The Labute approximate surface area is 87.0 Å². The van der Waals surface area contributed by atoms with Crippen LogP contribution in [0.1, 0.15) is 12.8 Å². The highest BCUT2D eigenvalue weighted by Crippen LogP contribution is 2.11. The Bertz CT molecular complexity index is 262. The third kappa shape index (κ3) is 2.75. The van der Waals surface area contributed by atoms with Crippen molar-refractivity contribution in [3.05, 3.63) is 0 Å². The Morgan fingerprint density at radius 1 is 1.57 bits per heavy atom. The summed E-state index contributed by atoms with van der Waals surface area (Å²) in [6.45, 7) is 0. The van der Waals surface area contributed by atoms with Crippen LogP contribution in [0.2, 0.25) is 0 Å². The van der Waals surface area contributed by atoms with Gasteiger partial charge in [-0.3, -0.25) is 9.59 Å². The van der Waals surface area contributed by atoms with Crippen molar-refractivity contribution in [3.63, 3.8) is 0 Å². The molecule has 0 saturated carbocycles. The maximum absolute atomic E-state index is 11.2. The molecule has 0 aromatic heterocycles. The lowest BCUT2D eigenvalue weighted by Gasteiger charge is -2.26. The number of hydrogen-bond donors (Lipinski definition) is 2. The topological polar surface area (TPSA) is 98.9 Å². The first kappa shape index (κ1) is 11.6. The average Bonchev–Trinajstić information content (AvgIpc) is 2.12. The molecule has 1 aliphatic rings. The minimum absolute atomic E-state index is 0.0161. The van der Waals surface area contributed by atoms with Gasteiger partial charge in [0, 0.05) is 16.2 Å². The van der Waals surface area contributed by atoms with E-state index in [0.717, 1.165) is 0 Å². The molecule has 14 heavy (non-hydrogen) atoms. The van der Waals surface area contributed by atoms with Crippen molar-refractivity contribution in [2.75, 3.05) is 0 Å². The fraction of sp³-hybridized carbons (Fsp3) is 0.600. The molecule has 1 rings (SSSR count). The summed E-state index contributed by atoms with van der Waals surface area (Å²) in [5, 5.41) is 0. The van der Waals surface area contributed by atoms with Crippen LogP contribution >= 0.6 is 0 Å². The van der Waals surface area contributed by atoms with E-state index in [1.54, 1.807) is 0 Å². The van der Waals surface area contributed by atoms with Gasteiger partial charge in [0.25, 0.3) is 5.97 Å². The average molecular weight is 246 g/mol. The van der Waals surface area contributed by atoms with Crippen LogP contribution in [0.15, 0.2) is 0 Å². The Morgan fingerprint density at radius 2 is 2.21 bits per heavy atom. The quantitative estimate of drug-likeness (QED) is 0.493. The van der Waals surface area contributed by atoms with E-state index in [-0.39, 0.29) is 21.4 Å². The van der Waals surface area contributed by atoms with Crippen molar-refractivity contribution in [2.24, 2.45) is 5.73 Å². The molecule has 0 spiro atoms. The van der Waals surface area contributed by atoms with Crippen LogP contribution in [0, 0.1) is 0 Å². The van der Waals surface area contributed by atoms with Gasteiger partial charge in [-0.05, 0) is 6.42 Å². The number of carbonyl (C=O) groups excluding carboxylic acids is 2. The van der Waals surface area contributed by atoms with Gasteiger partial charge < -0.3 is 19.4 Å². The van der Waals surface area contributed by atoms with E-state index < -0.39 is 26.3 Å². The van der Waals surface area contributed by atoms with E-state index in [1.807, 2.05) is 0 Å². The Kier molecular flexibility index (Phi) is 3.60. The second-order valence-electron chi connectivity index (χ2n) is 2.75. The molecule has 0 aromatic carbocycles. The van der Waals surface area contributed by atoms with Crippen LogP contribution in [0.3, 0.4) is 0 Å². The van der Waals surface area contributed by atoms with Crippen LogP contribution in [0.4, 0.5) is 0 Å². The second-order valence-corrected chi connectivity index (χ2v) is 9.46. The van der Waals surface area contributed by atoms with Crippen molar-refractivity contribution in [2.45, 2.75) is 18.9 Å². The molecule has 6 nitrogen and oxygen atoms in total. The molecule has 0 bridgehead atoms. The Morgan fingerprint density at radius 3 is 2.79 bits per heavy atom. The largest absolute Gasteiger partial charge is 0.584 e. The normalized spacial score (nSPS) is 34.1. The lowest BCUT2D eigenvalue weighted by molar-refractivity contribution is -0.147. The molecule has 1 saturated heterocycles. The third-order valence-electron chi connectivity index (χ3n) is 1.61. The van der Waals surface area contributed by atoms with E-state index in [9.17, 15) is 14.4 Å². The first-order valence-corrected chi connectivity index (χ1v) is 9.10. The highest BCUT2D eigenvalue weighted by Gasteiger charge is 2.45. The second kappa shape index (κ2) is 4.35. The summed E-state index contributed by atoms with van der Waals surface area (Å²) in [4.78, 5) is 31.8. The summed E-state index contributed by atoms with van der Waals surface area (Å²) in [7, 11) is -1.03. The smallest absolute Gasteiger partial charge is 0.468 e. The minimum atomic E-state index is -3.70. The van der Waals surface area contributed by atoms with Crippen LogP contribution in [-0.4, -0.2) is 49.4 Å². The standard InChI is InChI=1S/C5H8NO5Si3/c6-3-1-2-4(7)10-14(9,13-12)11-5(3)8/h3,9H,1-2,6H2/t3-,14?/m1/s1. The minimum Gasteiger partial charge on any atom is -0.468 e. The molecule has 3 N–H and O–H groups in total. The molecule has 0 aromatic rings. The zero-order chi connectivity index (χ0) is 10.8. The van der Waals surface area contributed by atoms with Crippen molar-refractivity contribution in [3.8, 4) is 0 Å². The van der Waals surface area contributed by atoms with Gasteiger partial charge in [-0.1, -0.05) is 0 Å². The van der Waals surface area contributed by atoms with Crippen molar-refractivity contribution in [1.82, 2.24) is 0 Å². The van der Waals surface area contributed by atoms with Gasteiger partial charge in [0.15, 0.2) is 8.55 Å². The van der Waals surface area contributed by atoms with Gasteiger partial charge in [-0.2, -0.15) is 0 Å². The molecule has 0 aliphatic carbocycles. The molecule has 75 valence electrons. The molecule has 0 amide bonds. The van der Waals surface area contributed by atoms with E-state index in [2.05, 4.69) is 18.6 Å². The van der Waals surface area contributed by atoms with Crippen molar-refractivity contribution < 1.29 is 23.2 Å². The summed E-state index contributed by atoms with van der Waals surface area (Å²) >= 11 is 0. The molecule has 5 radical (unpaired) electrons. The van der Waals surface area contributed by atoms with Crippen LogP contribution in [0.25, 0.3) is 0 Å². The number of rotatable bonds is 1. The predicted octanol–water partition coefficient (Wildman–Crippen LogP) is -2.59. The first-order valence-electron chi connectivity index (χ1n) is 3.83. The summed E-state index contributed by atoms with van der Waals surface area (Å²) in [6.07, 6.45) is 0.190. The van der Waals surface area contributed by atoms with E-state index in [4.69, 9.17) is 5.73 Å². The first-order chi connectivity index (χ1) is 6.47. The highest BCUT2D eigenvalue weighted by atomic mass is 29.6. The van der Waals surface area contributed by atoms with Gasteiger partial charge in [0.05, 0.1) is 0 Å². The van der Waals surface area contributed by atoms with Crippen LogP contribution in [0.5, 0.6) is 0 Å².